The first-order valence-corrected chi connectivity index (χ1v) is 12.4. The average molecular weight is 455 g/mol. The average Bonchev–Trinajstić information content (AvgIpc) is 3.34. The summed E-state index contributed by atoms with van der Waals surface area (Å²) in [5.41, 5.74) is 1.46. The molecular weight excluding hydrogens is 432 g/mol. The molecule has 31 heavy (non-hydrogen) atoms. The highest BCUT2D eigenvalue weighted by molar-refractivity contribution is 7.88. The molecule has 6 nitrogen and oxygen atoms in total. The van der Waals surface area contributed by atoms with Gasteiger partial charge in [-0.15, -0.1) is 11.3 Å². The maximum absolute atomic E-state index is 13.2. The molecule has 0 N–H and O–H groups in total. The summed E-state index contributed by atoms with van der Waals surface area (Å²) < 4.78 is 26.9. The highest BCUT2D eigenvalue weighted by Gasteiger charge is 2.30. The van der Waals surface area contributed by atoms with E-state index in [2.05, 4.69) is 0 Å². The monoisotopic (exact) mass is 454 g/mol. The molecule has 3 aromatic rings. The Kier molecular flexibility index (Phi) is 6.31. The molecule has 1 aliphatic rings. The molecule has 0 spiro atoms. The fourth-order valence-electron chi connectivity index (χ4n) is 3.62. The van der Waals surface area contributed by atoms with E-state index in [9.17, 15) is 18.0 Å². The van der Waals surface area contributed by atoms with Crippen molar-refractivity contribution in [3.05, 3.63) is 93.7 Å². The molecular formula is C23H22N2O4S2. The first-order chi connectivity index (χ1) is 15.0. The van der Waals surface area contributed by atoms with E-state index in [4.69, 9.17) is 0 Å². The lowest BCUT2D eigenvalue weighted by molar-refractivity contribution is 0.0694. The van der Waals surface area contributed by atoms with Crippen LogP contribution in [0, 0.1) is 0 Å². The predicted octanol–water partition coefficient (Wildman–Crippen LogP) is 3.27. The lowest BCUT2D eigenvalue weighted by Crippen LogP contribution is -2.50. The fraction of sp³-hybridized carbons (Fsp3) is 0.217. The summed E-state index contributed by atoms with van der Waals surface area (Å²) in [6.45, 7) is 1.05. The van der Waals surface area contributed by atoms with Gasteiger partial charge >= 0.3 is 0 Å². The van der Waals surface area contributed by atoms with Gasteiger partial charge in [0, 0.05) is 31.7 Å². The van der Waals surface area contributed by atoms with E-state index >= 15 is 0 Å². The lowest BCUT2D eigenvalue weighted by Gasteiger charge is -2.34. The Labute approximate surface area is 185 Å². The molecule has 0 atom stereocenters. The molecule has 0 bridgehead atoms. The molecule has 8 heteroatoms. The molecule has 0 aliphatic carbocycles. The molecule has 4 rings (SSSR count). The molecule has 2 aromatic carbocycles. The fourth-order valence-corrected chi connectivity index (χ4v) is 5.82. The Morgan fingerprint density at radius 1 is 0.806 bits per heavy atom. The van der Waals surface area contributed by atoms with Gasteiger partial charge in [0.2, 0.25) is 15.8 Å². The summed E-state index contributed by atoms with van der Waals surface area (Å²) in [5.74, 6) is -0.483. The van der Waals surface area contributed by atoms with E-state index in [1.807, 2.05) is 23.6 Å². The molecule has 2 heterocycles. The second kappa shape index (κ2) is 9.13. The van der Waals surface area contributed by atoms with E-state index in [0.29, 0.717) is 16.0 Å². The van der Waals surface area contributed by atoms with Gasteiger partial charge in [0.25, 0.3) is 5.91 Å². The van der Waals surface area contributed by atoms with Crippen molar-refractivity contribution in [2.24, 2.45) is 0 Å². The number of carbonyl (C=O) groups excluding carboxylic acids is 2. The molecule has 1 saturated heterocycles. The van der Waals surface area contributed by atoms with Gasteiger partial charge in [0.15, 0.2) is 0 Å². The van der Waals surface area contributed by atoms with E-state index in [-0.39, 0.29) is 43.6 Å². The molecule has 1 fully saturated rings. The Hall–Kier alpha value is -2.81. The summed E-state index contributed by atoms with van der Waals surface area (Å²) in [5, 5.41) is 1.83. The zero-order chi connectivity index (χ0) is 21.8. The topological polar surface area (TPSA) is 74.8 Å². The quantitative estimate of drug-likeness (QED) is 0.536. The van der Waals surface area contributed by atoms with Crippen LogP contribution < -0.4 is 0 Å². The Morgan fingerprint density at radius 3 is 2.10 bits per heavy atom. The van der Waals surface area contributed by atoms with Gasteiger partial charge in [-0.2, -0.15) is 4.31 Å². The zero-order valence-electron chi connectivity index (χ0n) is 16.8. The number of thiophene rings is 1. The minimum absolute atomic E-state index is 0.0556. The number of hydrogen-bond acceptors (Lipinski definition) is 5. The Bertz CT molecular complexity index is 1170. The number of sulfonamides is 1. The van der Waals surface area contributed by atoms with Gasteiger partial charge in [0.1, 0.15) is 0 Å². The largest absolute Gasteiger partial charge is 0.336 e. The number of rotatable bonds is 6. The minimum atomic E-state index is -3.46. The van der Waals surface area contributed by atoms with E-state index in [1.165, 1.54) is 15.6 Å². The summed E-state index contributed by atoms with van der Waals surface area (Å²) >= 11 is 1.34. The minimum Gasteiger partial charge on any atom is -0.336 e. The van der Waals surface area contributed by atoms with Crippen molar-refractivity contribution >= 4 is 33.1 Å². The number of nitrogens with zero attached hydrogens (tertiary/aromatic N) is 2. The van der Waals surface area contributed by atoms with E-state index < -0.39 is 10.0 Å². The number of carbonyl (C=O) groups is 2. The van der Waals surface area contributed by atoms with E-state index in [0.717, 1.165) is 5.56 Å². The first-order valence-electron chi connectivity index (χ1n) is 9.94. The predicted molar refractivity (Wildman–Crippen MR) is 121 cm³/mol. The van der Waals surface area contributed by atoms with Gasteiger partial charge in [-0.1, -0.05) is 54.6 Å². The van der Waals surface area contributed by atoms with Crippen molar-refractivity contribution in [2.75, 3.05) is 26.2 Å². The van der Waals surface area contributed by atoms with Crippen LogP contribution in [0.4, 0.5) is 0 Å². The number of amides is 1. The maximum atomic E-state index is 13.2. The molecule has 0 unspecified atom stereocenters. The lowest BCUT2D eigenvalue weighted by atomic mass is 10.0. The number of benzene rings is 2. The third kappa shape index (κ3) is 4.76. The summed E-state index contributed by atoms with van der Waals surface area (Å²) in [6, 6.07) is 19.4. The smallest absolute Gasteiger partial charge is 0.254 e. The van der Waals surface area contributed by atoms with Gasteiger partial charge < -0.3 is 4.90 Å². The highest BCUT2D eigenvalue weighted by Crippen LogP contribution is 2.21. The van der Waals surface area contributed by atoms with Crippen LogP contribution in [0.5, 0.6) is 0 Å². The molecule has 1 amide bonds. The summed E-state index contributed by atoms with van der Waals surface area (Å²) in [6.07, 6.45) is 0. The molecule has 160 valence electrons. The number of piperazine rings is 1. The van der Waals surface area contributed by atoms with Crippen molar-refractivity contribution < 1.29 is 18.0 Å². The van der Waals surface area contributed by atoms with Crippen LogP contribution in [0.2, 0.25) is 0 Å². The molecule has 1 aliphatic heterocycles. The van der Waals surface area contributed by atoms with Crippen LogP contribution >= 0.6 is 11.3 Å². The van der Waals surface area contributed by atoms with Crippen molar-refractivity contribution in [3.63, 3.8) is 0 Å². The Morgan fingerprint density at radius 2 is 1.45 bits per heavy atom. The second-order valence-electron chi connectivity index (χ2n) is 7.29. The van der Waals surface area contributed by atoms with Crippen molar-refractivity contribution in [3.8, 4) is 0 Å². The first kappa shape index (κ1) is 21.4. The van der Waals surface area contributed by atoms with E-state index in [1.54, 1.807) is 53.4 Å². The maximum Gasteiger partial charge on any atom is 0.254 e. The van der Waals surface area contributed by atoms with Crippen molar-refractivity contribution in [2.45, 2.75) is 5.75 Å². The molecule has 0 radical (unpaired) electrons. The normalized spacial score (nSPS) is 15.0. The molecule has 0 saturated carbocycles. The van der Waals surface area contributed by atoms with Crippen LogP contribution in [0.25, 0.3) is 0 Å². The van der Waals surface area contributed by atoms with Crippen LogP contribution in [-0.2, 0) is 15.8 Å². The molecule has 1 aromatic heterocycles. The van der Waals surface area contributed by atoms with Gasteiger partial charge in [0.05, 0.1) is 16.2 Å². The SMILES string of the molecule is O=C(c1cccs1)c1ccccc1C(=O)N1CCN(S(=O)(=O)Cc2ccccc2)CC1. The number of ketones is 1. The summed E-state index contributed by atoms with van der Waals surface area (Å²) in [7, 11) is -3.46. The van der Waals surface area contributed by atoms with Gasteiger partial charge in [-0.05, 0) is 23.1 Å². The van der Waals surface area contributed by atoms with Crippen LogP contribution in [0.15, 0.2) is 72.1 Å². The van der Waals surface area contributed by atoms with Crippen LogP contribution in [0.3, 0.4) is 0 Å². The standard InChI is InChI=1S/C23H22N2O4S2/c26-22(21-11-6-16-30-21)19-9-4-5-10-20(19)23(27)24-12-14-25(15-13-24)31(28,29)17-18-7-2-1-3-8-18/h1-11,16H,12-15,17H2. The second-order valence-corrected chi connectivity index (χ2v) is 10.2. The number of hydrogen-bond donors (Lipinski definition) is 0. The van der Waals surface area contributed by atoms with Crippen molar-refractivity contribution in [1.82, 2.24) is 9.21 Å². The summed E-state index contributed by atoms with van der Waals surface area (Å²) in [4.78, 5) is 28.2. The van der Waals surface area contributed by atoms with Gasteiger partial charge in [-0.3, -0.25) is 9.59 Å². The Balaban J connectivity index is 1.45. The third-order valence-electron chi connectivity index (χ3n) is 5.26. The van der Waals surface area contributed by atoms with Crippen LogP contribution in [-0.4, -0.2) is 55.5 Å². The van der Waals surface area contributed by atoms with Gasteiger partial charge in [-0.25, -0.2) is 8.42 Å². The van der Waals surface area contributed by atoms with Crippen LogP contribution in [0.1, 0.15) is 31.2 Å². The zero-order valence-corrected chi connectivity index (χ0v) is 18.4. The highest BCUT2D eigenvalue weighted by atomic mass is 32.2. The third-order valence-corrected chi connectivity index (χ3v) is 7.98. The van der Waals surface area contributed by atoms with Crippen molar-refractivity contribution in [1.29, 1.82) is 0 Å².